The highest BCUT2D eigenvalue weighted by Gasteiger charge is 2.31. The molecule has 8 heteroatoms. The maximum atomic E-state index is 13.1. The van der Waals surface area contributed by atoms with Gasteiger partial charge in [-0.15, -0.1) is 0 Å². The number of fused-ring (bicyclic) bond motifs is 1. The van der Waals surface area contributed by atoms with Crippen LogP contribution >= 0.6 is 0 Å². The Morgan fingerprint density at radius 1 is 0.788 bits per heavy atom. The molecule has 2 aliphatic heterocycles. The molecule has 2 aliphatic rings. The standard InChI is InChI=1S/C25H25N3O4S/c29-24-6-3-13-28(24)22-9-11-23(12-10-22)33(31,32)27-16-14-26(15-17-27)25(30)21-8-7-19-4-1-2-5-20(19)18-21/h1-2,4-5,7-12,18H,3,6,13-17H2. The predicted molar refractivity (Wildman–Crippen MR) is 127 cm³/mol. The molecular formula is C25H25N3O4S. The van der Waals surface area contributed by atoms with Gasteiger partial charge in [0.1, 0.15) is 0 Å². The average Bonchev–Trinajstić information content (AvgIpc) is 3.29. The predicted octanol–water partition coefficient (Wildman–Crippen LogP) is 3.11. The minimum absolute atomic E-state index is 0.0674. The highest BCUT2D eigenvalue weighted by atomic mass is 32.2. The lowest BCUT2D eigenvalue weighted by molar-refractivity contribution is -0.117. The Hall–Kier alpha value is -3.23. The Morgan fingerprint density at radius 2 is 1.48 bits per heavy atom. The summed E-state index contributed by atoms with van der Waals surface area (Å²) in [7, 11) is -3.67. The third-order valence-corrected chi connectivity index (χ3v) is 8.29. The second-order valence-electron chi connectivity index (χ2n) is 8.40. The van der Waals surface area contributed by atoms with E-state index in [1.807, 2.05) is 42.5 Å². The molecule has 0 aliphatic carbocycles. The van der Waals surface area contributed by atoms with Crippen LogP contribution in [-0.2, 0) is 14.8 Å². The molecule has 0 bridgehead atoms. The lowest BCUT2D eigenvalue weighted by atomic mass is 10.1. The van der Waals surface area contributed by atoms with Gasteiger partial charge in [0.25, 0.3) is 5.91 Å². The summed E-state index contributed by atoms with van der Waals surface area (Å²) >= 11 is 0. The molecule has 0 radical (unpaired) electrons. The van der Waals surface area contributed by atoms with Gasteiger partial charge < -0.3 is 9.80 Å². The first-order valence-corrected chi connectivity index (χ1v) is 12.6. The van der Waals surface area contributed by atoms with E-state index in [0.29, 0.717) is 31.6 Å². The number of piperazine rings is 1. The number of nitrogens with zero attached hydrogens (tertiary/aromatic N) is 3. The van der Waals surface area contributed by atoms with Crippen LogP contribution in [0, 0.1) is 0 Å². The van der Waals surface area contributed by atoms with E-state index in [1.54, 1.807) is 34.1 Å². The van der Waals surface area contributed by atoms with Gasteiger partial charge in [0.15, 0.2) is 0 Å². The van der Waals surface area contributed by atoms with E-state index in [0.717, 1.165) is 22.9 Å². The SMILES string of the molecule is O=C(c1ccc2ccccc2c1)N1CCN(S(=O)(=O)c2ccc(N3CCCC3=O)cc2)CC1. The van der Waals surface area contributed by atoms with Crippen LogP contribution < -0.4 is 4.90 Å². The molecule has 2 fully saturated rings. The molecule has 3 aromatic carbocycles. The first-order valence-electron chi connectivity index (χ1n) is 11.1. The van der Waals surface area contributed by atoms with Crippen molar-refractivity contribution in [2.75, 3.05) is 37.6 Å². The van der Waals surface area contributed by atoms with Crippen molar-refractivity contribution in [1.82, 2.24) is 9.21 Å². The Labute approximate surface area is 193 Å². The highest BCUT2D eigenvalue weighted by Crippen LogP contribution is 2.25. The van der Waals surface area contributed by atoms with Gasteiger partial charge in [-0.3, -0.25) is 9.59 Å². The molecule has 2 saturated heterocycles. The molecule has 0 spiro atoms. The maximum Gasteiger partial charge on any atom is 0.253 e. The molecule has 0 saturated carbocycles. The van der Waals surface area contributed by atoms with Crippen molar-refractivity contribution in [2.45, 2.75) is 17.7 Å². The van der Waals surface area contributed by atoms with Crippen LogP contribution in [0.1, 0.15) is 23.2 Å². The van der Waals surface area contributed by atoms with E-state index in [1.165, 1.54) is 4.31 Å². The number of benzene rings is 3. The van der Waals surface area contributed by atoms with Gasteiger partial charge in [-0.1, -0.05) is 30.3 Å². The summed E-state index contributed by atoms with van der Waals surface area (Å²) in [4.78, 5) is 28.5. The number of amides is 2. The molecule has 0 unspecified atom stereocenters. The quantitative estimate of drug-likeness (QED) is 0.596. The van der Waals surface area contributed by atoms with E-state index in [-0.39, 0.29) is 29.8 Å². The van der Waals surface area contributed by atoms with Crippen LogP contribution in [0.5, 0.6) is 0 Å². The van der Waals surface area contributed by atoms with Crippen molar-refractivity contribution in [3.63, 3.8) is 0 Å². The van der Waals surface area contributed by atoms with Gasteiger partial charge in [0.05, 0.1) is 4.90 Å². The summed E-state index contributed by atoms with van der Waals surface area (Å²) in [5.41, 5.74) is 1.33. The molecule has 2 heterocycles. The molecule has 0 aromatic heterocycles. The topological polar surface area (TPSA) is 78.0 Å². The van der Waals surface area contributed by atoms with Crippen molar-refractivity contribution >= 4 is 38.3 Å². The molecule has 170 valence electrons. The lowest BCUT2D eigenvalue weighted by Crippen LogP contribution is -2.50. The van der Waals surface area contributed by atoms with Crippen molar-refractivity contribution in [2.24, 2.45) is 0 Å². The normalized spacial score (nSPS) is 17.6. The third kappa shape index (κ3) is 4.12. The van der Waals surface area contributed by atoms with Crippen LogP contribution in [0.3, 0.4) is 0 Å². The number of carbonyl (C=O) groups is 2. The fourth-order valence-electron chi connectivity index (χ4n) is 4.50. The number of carbonyl (C=O) groups excluding carboxylic acids is 2. The summed E-state index contributed by atoms with van der Waals surface area (Å²) in [6.07, 6.45) is 1.35. The van der Waals surface area contributed by atoms with Crippen LogP contribution in [-0.4, -0.2) is 62.2 Å². The van der Waals surface area contributed by atoms with Crippen molar-refractivity contribution < 1.29 is 18.0 Å². The van der Waals surface area contributed by atoms with Crippen molar-refractivity contribution in [3.05, 3.63) is 72.3 Å². The first kappa shape index (κ1) is 21.6. The van der Waals surface area contributed by atoms with Crippen LogP contribution in [0.15, 0.2) is 71.6 Å². The fourth-order valence-corrected chi connectivity index (χ4v) is 5.93. The molecule has 2 amide bonds. The molecular weight excluding hydrogens is 438 g/mol. The average molecular weight is 464 g/mol. The minimum atomic E-state index is -3.67. The lowest BCUT2D eigenvalue weighted by Gasteiger charge is -2.34. The molecule has 7 nitrogen and oxygen atoms in total. The summed E-state index contributed by atoms with van der Waals surface area (Å²) in [6, 6.07) is 20.0. The van der Waals surface area contributed by atoms with Crippen molar-refractivity contribution in [3.8, 4) is 0 Å². The number of anilines is 1. The van der Waals surface area contributed by atoms with E-state index >= 15 is 0 Å². The zero-order valence-corrected chi connectivity index (χ0v) is 19.0. The van der Waals surface area contributed by atoms with E-state index in [4.69, 9.17) is 0 Å². The van der Waals surface area contributed by atoms with Crippen LogP contribution in [0.2, 0.25) is 0 Å². The Bertz CT molecular complexity index is 1310. The molecule has 3 aromatic rings. The van der Waals surface area contributed by atoms with Crippen molar-refractivity contribution in [1.29, 1.82) is 0 Å². The molecule has 5 rings (SSSR count). The van der Waals surface area contributed by atoms with Gasteiger partial charge in [0.2, 0.25) is 15.9 Å². The summed E-state index contributed by atoms with van der Waals surface area (Å²) in [5.74, 6) is -0.0183. The number of rotatable bonds is 4. The third-order valence-electron chi connectivity index (χ3n) is 6.38. The maximum absolute atomic E-state index is 13.1. The van der Waals surface area contributed by atoms with E-state index in [9.17, 15) is 18.0 Å². The first-order chi connectivity index (χ1) is 15.9. The van der Waals surface area contributed by atoms with Gasteiger partial charge in [-0.2, -0.15) is 4.31 Å². The highest BCUT2D eigenvalue weighted by molar-refractivity contribution is 7.89. The minimum Gasteiger partial charge on any atom is -0.336 e. The Kier molecular flexibility index (Phi) is 5.64. The van der Waals surface area contributed by atoms with Gasteiger partial charge >= 0.3 is 0 Å². The Morgan fingerprint density at radius 3 is 2.15 bits per heavy atom. The smallest absolute Gasteiger partial charge is 0.253 e. The second kappa shape index (κ2) is 8.61. The van der Waals surface area contributed by atoms with E-state index < -0.39 is 10.0 Å². The largest absolute Gasteiger partial charge is 0.336 e. The number of hydrogen-bond donors (Lipinski definition) is 0. The van der Waals surface area contributed by atoms with Gasteiger partial charge in [-0.05, 0) is 53.6 Å². The van der Waals surface area contributed by atoms with Gasteiger partial charge in [0, 0.05) is 50.4 Å². The number of hydrogen-bond acceptors (Lipinski definition) is 4. The molecule has 0 N–H and O–H groups in total. The summed E-state index contributed by atoms with van der Waals surface area (Å²) in [5, 5.41) is 2.08. The molecule has 33 heavy (non-hydrogen) atoms. The summed E-state index contributed by atoms with van der Waals surface area (Å²) < 4.78 is 27.7. The second-order valence-corrected chi connectivity index (χ2v) is 10.3. The van der Waals surface area contributed by atoms with Crippen LogP contribution in [0.25, 0.3) is 10.8 Å². The number of sulfonamides is 1. The van der Waals surface area contributed by atoms with Gasteiger partial charge in [-0.25, -0.2) is 8.42 Å². The summed E-state index contributed by atoms with van der Waals surface area (Å²) in [6.45, 7) is 1.83. The van der Waals surface area contributed by atoms with E-state index in [2.05, 4.69) is 0 Å². The Balaban J connectivity index is 1.26. The fraction of sp³-hybridized carbons (Fsp3) is 0.280. The zero-order valence-electron chi connectivity index (χ0n) is 18.2. The monoisotopic (exact) mass is 463 g/mol. The van der Waals surface area contributed by atoms with Crippen LogP contribution in [0.4, 0.5) is 5.69 Å². The zero-order chi connectivity index (χ0) is 23.0. The molecule has 0 atom stereocenters.